The first-order valence-corrected chi connectivity index (χ1v) is 8.21. The molecule has 2 aromatic heterocycles. The summed E-state index contributed by atoms with van der Waals surface area (Å²) >= 11 is 0. The molecule has 1 saturated heterocycles. The summed E-state index contributed by atoms with van der Waals surface area (Å²) in [7, 11) is 0. The van der Waals surface area contributed by atoms with Crippen molar-refractivity contribution in [3.8, 4) is 0 Å². The number of nitrogens with one attached hydrogen (secondary N) is 1. The van der Waals surface area contributed by atoms with Gasteiger partial charge in [0.05, 0.1) is 5.56 Å². The van der Waals surface area contributed by atoms with E-state index in [-0.39, 0.29) is 5.91 Å². The maximum absolute atomic E-state index is 12.6. The molecular formula is C18H22N4O. The van der Waals surface area contributed by atoms with E-state index >= 15 is 0 Å². The lowest BCUT2D eigenvalue weighted by Crippen LogP contribution is -2.30. The van der Waals surface area contributed by atoms with Gasteiger partial charge in [-0.25, -0.2) is 4.98 Å². The topological polar surface area (TPSA) is 58.1 Å². The van der Waals surface area contributed by atoms with Gasteiger partial charge >= 0.3 is 0 Å². The zero-order chi connectivity index (χ0) is 15.9. The predicted octanol–water partition coefficient (Wildman–Crippen LogP) is 2.79. The summed E-state index contributed by atoms with van der Waals surface area (Å²) in [6, 6.07) is 7.48. The molecule has 0 unspecified atom stereocenters. The number of carbonyl (C=O) groups is 1. The summed E-state index contributed by atoms with van der Waals surface area (Å²) in [4.78, 5) is 23.3. The highest BCUT2D eigenvalue weighted by Gasteiger charge is 2.18. The monoisotopic (exact) mass is 310 g/mol. The molecule has 0 spiro atoms. The highest BCUT2D eigenvalue weighted by atomic mass is 16.1. The first kappa shape index (κ1) is 15.5. The molecule has 1 amide bonds. The Kier molecular flexibility index (Phi) is 5.19. The van der Waals surface area contributed by atoms with Crippen molar-refractivity contribution in [1.29, 1.82) is 0 Å². The number of hydrogen-bond donors (Lipinski definition) is 1. The molecule has 3 heterocycles. The van der Waals surface area contributed by atoms with E-state index in [9.17, 15) is 4.79 Å². The standard InChI is InChI=1S/C18H22N4O/c23-18(21-14-15-7-10-19-11-8-15)16-6-5-9-20-17(16)22-12-3-1-2-4-13-22/h5-11H,1-4,12-14H2,(H,21,23). The van der Waals surface area contributed by atoms with E-state index in [1.807, 2.05) is 24.3 Å². The Hall–Kier alpha value is -2.43. The molecule has 0 aromatic carbocycles. The van der Waals surface area contributed by atoms with Gasteiger partial charge in [-0.05, 0) is 42.7 Å². The summed E-state index contributed by atoms with van der Waals surface area (Å²) in [5.74, 6) is 0.732. The maximum atomic E-state index is 12.6. The highest BCUT2D eigenvalue weighted by Crippen LogP contribution is 2.21. The highest BCUT2D eigenvalue weighted by molar-refractivity contribution is 5.98. The van der Waals surface area contributed by atoms with E-state index in [1.54, 1.807) is 18.6 Å². The molecule has 1 aliphatic rings. The smallest absolute Gasteiger partial charge is 0.255 e. The Balaban J connectivity index is 1.72. The van der Waals surface area contributed by atoms with Crippen LogP contribution in [-0.4, -0.2) is 29.0 Å². The third-order valence-electron chi connectivity index (χ3n) is 4.14. The van der Waals surface area contributed by atoms with Crippen LogP contribution < -0.4 is 10.2 Å². The third-order valence-corrected chi connectivity index (χ3v) is 4.14. The molecule has 1 fully saturated rings. The lowest BCUT2D eigenvalue weighted by Gasteiger charge is -2.23. The van der Waals surface area contributed by atoms with Crippen LogP contribution in [-0.2, 0) is 6.54 Å². The average Bonchev–Trinajstić information content (AvgIpc) is 2.90. The summed E-state index contributed by atoms with van der Waals surface area (Å²) in [5, 5.41) is 2.98. The third kappa shape index (κ3) is 4.06. The number of amides is 1. The maximum Gasteiger partial charge on any atom is 0.255 e. The lowest BCUT2D eigenvalue weighted by atomic mass is 10.2. The average molecular weight is 310 g/mol. The molecule has 1 aliphatic heterocycles. The van der Waals surface area contributed by atoms with E-state index in [1.165, 1.54) is 12.8 Å². The van der Waals surface area contributed by atoms with Crippen molar-refractivity contribution >= 4 is 11.7 Å². The van der Waals surface area contributed by atoms with Crippen molar-refractivity contribution < 1.29 is 4.79 Å². The minimum Gasteiger partial charge on any atom is -0.356 e. The molecular weight excluding hydrogens is 288 g/mol. The van der Waals surface area contributed by atoms with Gasteiger partial charge in [0.25, 0.3) is 5.91 Å². The molecule has 0 bridgehead atoms. The number of hydrogen-bond acceptors (Lipinski definition) is 4. The summed E-state index contributed by atoms with van der Waals surface area (Å²) < 4.78 is 0. The van der Waals surface area contributed by atoms with Crippen molar-refractivity contribution in [1.82, 2.24) is 15.3 Å². The summed E-state index contributed by atoms with van der Waals surface area (Å²) in [5.41, 5.74) is 1.69. The quantitative estimate of drug-likeness (QED) is 0.943. The van der Waals surface area contributed by atoms with Crippen LogP contribution in [0, 0.1) is 0 Å². The second-order valence-electron chi connectivity index (χ2n) is 5.81. The van der Waals surface area contributed by atoms with Crippen molar-refractivity contribution in [2.24, 2.45) is 0 Å². The van der Waals surface area contributed by atoms with Crippen LogP contribution in [0.25, 0.3) is 0 Å². The molecule has 1 N–H and O–H groups in total. The molecule has 0 aliphatic carbocycles. The summed E-state index contributed by atoms with van der Waals surface area (Å²) in [6.07, 6.45) is 10.1. The SMILES string of the molecule is O=C(NCc1ccncc1)c1cccnc1N1CCCCCC1. The van der Waals surface area contributed by atoms with Gasteiger partial charge in [0, 0.05) is 38.2 Å². The van der Waals surface area contributed by atoms with Crippen LogP contribution in [0.4, 0.5) is 5.82 Å². The Morgan fingerprint density at radius 2 is 1.78 bits per heavy atom. The fourth-order valence-corrected chi connectivity index (χ4v) is 2.89. The minimum absolute atomic E-state index is 0.0749. The van der Waals surface area contributed by atoms with E-state index in [2.05, 4.69) is 20.2 Å². The van der Waals surface area contributed by atoms with Crippen LogP contribution in [0.3, 0.4) is 0 Å². The van der Waals surface area contributed by atoms with Crippen molar-refractivity contribution in [2.45, 2.75) is 32.2 Å². The van der Waals surface area contributed by atoms with Gasteiger partial charge in [-0.1, -0.05) is 12.8 Å². The predicted molar refractivity (Wildman–Crippen MR) is 90.3 cm³/mol. The Morgan fingerprint density at radius 3 is 2.52 bits per heavy atom. The molecule has 120 valence electrons. The number of pyridine rings is 2. The molecule has 0 saturated carbocycles. The van der Waals surface area contributed by atoms with Crippen LogP contribution >= 0.6 is 0 Å². The molecule has 0 radical (unpaired) electrons. The number of carbonyl (C=O) groups excluding carboxylic acids is 1. The normalized spacial score (nSPS) is 15.0. The van der Waals surface area contributed by atoms with E-state index in [0.717, 1.165) is 37.3 Å². The summed E-state index contributed by atoms with van der Waals surface area (Å²) in [6.45, 7) is 2.44. The second kappa shape index (κ2) is 7.72. The minimum atomic E-state index is -0.0749. The van der Waals surface area contributed by atoms with E-state index in [0.29, 0.717) is 12.1 Å². The van der Waals surface area contributed by atoms with Gasteiger partial charge in [0.2, 0.25) is 0 Å². The Bertz CT molecular complexity index is 636. The first-order valence-electron chi connectivity index (χ1n) is 8.21. The number of anilines is 1. The van der Waals surface area contributed by atoms with Crippen LogP contribution in [0.5, 0.6) is 0 Å². The van der Waals surface area contributed by atoms with Gasteiger partial charge in [0.15, 0.2) is 0 Å². The first-order chi connectivity index (χ1) is 11.3. The fourth-order valence-electron chi connectivity index (χ4n) is 2.89. The number of rotatable bonds is 4. The Morgan fingerprint density at radius 1 is 1.04 bits per heavy atom. The van der Waals surface area contributed by atoms with Crippen LogP contribution in [0.15, 0.2) is 42.9 Å². The zero-order valence-electron chi connectivity index (χ0n) is 13.2. The molecule has 3 rings (SSSR count). The number of aromatic nitrogens is 2. The van der Waals surface area contributed by atoms with E-state index in [4.69, 9.17) is 0 Å². The fraction of sp³-hybridized carbons (Fsp3) is 0.389. The van der Waals surface area contributed by atoms with E-state index < -0.39 is 0 Å². The Labute approximate surface area is 136 Å². The lowest BCUT2D eigenvalue weighted by molar-refractivity contribution is 0.0951. The van der Waals surface area contributed by atoms with Gasteiger partial charge < -0.3 is 10.2 Å². The largest absolute Gasteiger partial charge is 0.356 e. The van der Waals surface area contributed by atoms with Crippen molar-refractivity contribution in [3.05, 3.63) is 54.0 Å². The molecule has 5 nitrogen and oxygen atoms in total. The van der Waals surface area contributed by atoms with Crippen LogP contribution in [0.2, 0.25) is 0 Å². The van der Waals surface area contributed by atoms with Gasteiger partial charge in [-0.15, -0.1) is 0 Å². The van der Waals surface area contributed by atoms with Crippen molar-refractivity contribution in [2.75, 3.05) is 18.0 Å². The molecule has 23 heavy (non-hydrogen) atoms. The zero-order valence-corrected chi connectivity index (χ0v) is 13.2. The van der Waals surface area contributed by atoms with Gasteiger partial charge in [-0.3, -0.25) is 9.78 Å². The second-order valence-corrected chi connectivity index (χ2v) is 5.81. The van der Waals surface area contributed by atoms with Gasteiger partial charge in [-0.2, -0.15) is 0 Å². The van der Waals surface area contributed by atoms with Gasteiger partial charge in [0.1, 0.15) is 5.82 Å². The number of nitrogens with zero attached hydrogens (tertiary/aromatic N) is 3. The molecule has 2 aromatic rings. The molecule has 5 heteroatoms. The molecule has 0 atom stereocenters. The van der Waals surface area contributed by atoms with Crippen LogP contribution in [0.1, 0.15) is 41.6 Å². The van der Waals surface area contributed by atoms with Crippen molar-refractivity contribution in [3.63, 3.8) is 0 Å².